The number of aliphatic carboxylic acids is 1. The quantitative estimate of drug-likeness (QED) is 0.820. The Morgan fingerprint density at radius 1 is 1.40 bits per heavy atom. The van der Waals surface area contributed by atoms with E-state index < -0.39 is 5.97 Å². The Morgan fingerprint density at radius 2 is 2.20 bits per heavy atom. The molecule has 0 radical (unpaired) electrons. The molecule has 1 aliphatic carbocycles. The van der Waals surface area contributed by atoms with Crippen LogP contribution in [-0.4, -0.2) is 50.3 Å². The van der Waals surface area contributed by atoms with Crippen molar-refractivity contribution in [2.45, 2.75) is 44.3 Å². The molecule has 2 fully saturated rings. The average molecular weight is 278 g/mol. The fourth-order valence-electron chi connectivity index (χ4n) is 2.78. The van der Waals surface area contributed by atoms with Gasteiger partial charge in [-0.15, -0.1) is 0 Å². The molecule has 2 aliphatic rings. The van der Waals surface area contributed by atoms with E-state index in [-0.39, 0.29) is 18.5 Å². The number of carbonyl (C=O) groups is 2. The Hall–Kier alpha value is -1.89. The molecule has 3 rings (SSSR count). The number of carbonyl (C=O) groups excluding carboxylic acids is 1. The van der Waals surface area contributed by atoms with Crippen molar-refractivity contribution in [2.24, 2.45) is 0 Å². The molecule has 2 N–H and O–H groups in total. The molecule has 20 heavy (non-hydrogen) atoms. The normalized spacial score (nSPS) is 22.9. The van der Waals surface area contributed by atoms with Crippen LogP contribution in [0.25, 0.3) is 0 Å². The van der Waals surface area contributed by atoms with Crippen molar-refractivity contribution in [3.05, 3.63) is 12.3 Å². The third-order valence-electron chi connectivity index (χ3n) is 3.80. The van der Waals surface area contributed by atoms with Crippen molar-refractivity contribution < 1.29 is 14.7 Å². The minimum Gasteiger partial charge on any atom is -0.480 e. The van der Waals surface area contributed by atoms with Crippen LogP contribution in [0, 0.1) is 0 Å². The summed E-state index contributed by atoms with van der Waals surface area (Å²) in [6, 6.07) is 2.14. The molecule has 0 bridgehead atoms. The van der Waals surface area contributed by atoms with Gasteiger partial charge in [0.1, 0.15) is 6.54 Å². The zero-order valence-corrected chi connectivity index (χ0v) is 11.2. The van der Waals surface area contributed by atoms with Gasteiger partial charge >= 0.3 is 5.97 Å². The first-order valence-electron chi connectivity index (χ1n) is 6.95. The Kier molecular flexibility index (Phi) is 3.43. The molecule has 7 heteroatoms. The Labute approximate surface area is 116 Å². The van der Waals surface area contributed by atoms with Crippen LogP contribution in [0.5, 0.6) is 0 Å². The van der Waals surface area contributed by atoms with Gasteiger partial charge in [0, 0.05) is 18.3 Å². The van der Waals surface area contributed by atoms with E-state index >= 15 is 0 Å². The molecule has 1 amide bonds. The maximum atomic E-state index is 12.3. The molecule has 1 atom stereocenters. The number of likely N-dealkylation sites (tertiary alicyclic amines) is 1. The first-order valence-corrected chi connectivity index (χ1v) is 6.95. The summed E-state index contributed by atoms with van der Waals surface area (Å²) in [6.45, 7) is 0.795. The second kappa shape index (κ2) is 5.24. The topological polar surface area (TPSA) is 87.5 Å². The van der Waals surface area contributed by atoms with Gasteiger partial charge in [0.05, 0.1) is 6.04 Å². The minimum atomic E-state index is -0.957. The van der Waals surface area contributed by atoms with Gasteiger partial charge < -0.3 is 10.4 Å². The molecular formula is C13H18N4O3. The van der Waals surface area contributed by atoms with Crippen LogP contribution in [0.2, 0.25) is 0 Å². The summed E-state index contributed by atoms with van der Waals surface area (Å²) in [4.78, 5) is 25.1. The van der Waals surface area contributed by atoms with Crippen LogP contribution in [0.3, 0.4) is 0 Å². The zero-order chi connectivity index (χ0) is 14.1. The molecule has 7 nitrogen and oxygen atoms in total. The van der Waals surface area contributed by atoms with E-state index in [1.165, 1.54) is 17.5 Å². The summed E-state index contributed by atoms with van der Waals surface area (Å²) in [5.41, 5.74) is 0. The lowest BCUT2D eigenvalue weighted by molar-refractivity contribution is -0.137. The van der Waals surface area contributed by atoms with Crippen molar-refractivity contribution in [1.29, 1.82) is 0 Å². The van der Waals surface area contributed by atoms with Gasteiger partial charge in [-0.05, 0) is 32.2 Å². The molecule has 108 valence electrons. The lowest BCUT2D eigenvalue weighted by Crippen LogP contribution is -2.40. The van der Waals surface area contributed by atoms with Crippen molar-refractivity contribution in [1.82, 2.24) is 14.7 Å². The first-order chi connectivity index (χ1) is 9.63. The number of amides is 1. The van der Waals surface area contributed by atoms with Crippen molar-refractivity contribution in [3.8, 4) is 0 Å². The van der Waals surface area contributed by atoms with E-state index in [2.05, 4.69) is 15.3 Å². The number of rotatable bonds is 5. The summed E-state index contributed by atoms with van der Waals surface area (Å²) >= 11 is 0. The fourth-order valence-corrected chi connectivity index (χ4v) is 2.78. The third kappa shape index (κ3) is 2.82. The van der Waals surface area contributed by atoms with Crippen LogP contribution in [0.4, 0.5) is 5.82 Å². The lowest BCUT2D eigenvalue weighted by Gasteiger charge is -2.22. The minimum absolute atomic E-state index is 0.0324. The van der Waals surface area contributed by atoms with Gasteiger partial charge in [-0.1, -0.05) is 0 Å². The maximum absolute atomic E-state index is 12.3. The van der Waals surface area contributed by atoms with Gasteiger partial charge in [0.2, 0.25) is 5.91 Å². The molecule has 1 aromatic rings. The maximum Gasteiger partial charge on any atom is 0.325 e. The van der Waals surface area contributed by atoms with E-state index in [1.807, 2.05) is 0 Å². The van der Waals surface area contributed by atoms with Gasteiger partial charge in [-0.3, -0.25) is 19.2 Å². The number of hydrogen-bond acceptors (Lipinski definition) is 4. The second-order valence-corrected chi connectivity index (χ2v) is 5.41. The Balaban J connectivity index is 1.60. The monoisotopic (exact) mass is 278 g/mol. The highest BCUT2D eigenvalue weighted by molar-refractivity contribution is 5.94. The molecular weight excluding hydrogens is 260 g/mol. The van der Waals surface area contributed by atoms with Gasteiger partial charge in [-0.2, -0.15) is 5.10 Å². The predicted octanol–water partition coefficient (Wildman–Crippen LogP) is 0.533. The summed E-state index contributed by atoms with van der Waals surface area (Å²) in [6.07, 6.45) is 5.88. The molecule has 1 aromatic heterocycles. The van der Waals surface area contributed by atoms with Gasteiger partial charge in [0.25, 0.3) is 0 Å². The van der Waals surface area contributed by atoms with Crippen LogP contribution >= 0.6 is 0 Å². The fraction of sp³-hybridized carbons (Fsp3) is 0.615. The van der Waals surface area contributed by atoms with E-state index in [0.29, 0.717) is 11.9 Å². The van der Waals surface area contributed by atoms with Crippen LogP contribution in [0.15, 0.2) is 12.3 Å². The summed E-state index contributed by atoms with van der Waals surface area (Å²) in [5.74, 6) is -0.574. The van der Waals surface area contributed by atoms with E-state index in [4.69, 9.17) is 5.11 Å². The number of nitrogens with zero attached hydrogens (tertiary/aromatic N) is 3. The Bertz CT molecular complexity index is 523. The average Bonchev–Trinajstić information content (AvgIpc) is 2.95. The third-order valence-corrected chi connectivity index (χ3v) is 3.80. The molecule has 0 spiro atoms. The van der Waals surface area contributed by atoms with E-state index in [0.717, 1.165) is 19.4 Å². The van der Waals surface area contributed by atoms with Crippen molar-refractivity contribution >= 4 is 17.7 Å². The van der Waals surface area contributed by atoms with E-state index in [9.17, 15) is 9.59 Å². The SMILES string of the molecule is O=C(O)Cn1ccc(NC(=O)C2CCCN2C2CC2)n1. The van der Waals surface area contributed by atoms with E-state index in [1.54, 1.807) is 12.3 Å². The molecule has 1 saturated carbocycles. The molecule has 1 unspecified atom stereocenters. The largest absolute Gasteiger partial charge is 0.480 e. The molecule has 2 heterocycles. The summed E-state index contributed by atoms with van der Waals surface area (Å²) in [7, 11) is 0. The lowest BCUT2D eigenvalue weighted by atomic mass is 10.2. The first kappa shape index (κ1) is 13.1. The van der Waals surface area contributed by atoms with Gasteiger partial charge in [0.15, 0.2) is 5.82 Å². The standard InChI is InChI=1S/C13H18N4O3/c18-12(19)8-16-7-5-11(15-16)14-13(20)10-2-1-6-17(10)9-3-4-9/h5,7,9-10H,1-4,6,8H2,(H,18,19)(H,14,15,20). The highest BCUT2D eigenvalue weighted by atomic mass is 16.4. The summed E-state index contributed by atoms with van der Waals surface area (Å²) < 4.78 is 1.30. The number of hydrogen-bond donors (Lipinski definition) is 2. The smallest absolute Gasteiger partial charge is 0.325 e. The number of aromatic nitrogens is 2. The molecule has 1 saturated heterocycles. The highest BCUT2D eigenvalue weighted by Gasteiger charge is 2.40. The molecule has 1 aliphatic heterocycles. The number of carboxylic acid groups (broad SMARTS) is 1. The van der Waals surface area contributed by atoms with Gasteiger partial charge in [-0.25, -0.2) is 0 Å². The molecule has 0 aromatic carbocycles. The van der Waals surface area contributed by atoms with Crippen molar-refractivity contribution in [3.63, 3.8) is 0 Å². The second-order valence-electron chi connectivity index (χ2n) is 5.41. The van der Waals surface area contributed by atoms with Crippen LogP contribution < -0.4 is 5.32 Å². The Morgan fingerprint density at radius 3 is 2.90 bits per heavy atom. The number of nitrogens with one attached hydrogen (secondary N) is 1. The van der Waals surface area contributed by atoms with Crippen molar-refractivity contribution in [2.75, 3.05) is 11.9 Å². The van der Waals surface area contributed by atoms with Crippen LogP contribution in [0.1, 0.15) is 25.7 Å². The number of carboxylic acids is 1. The summed E-state index contributed by atoms with van der Waals surface area (Å²) in [5, 5.41) is 15.5. The zero-order valence-electron chi connectivity index (χ0n) is 11.2. The highest BCUT2D eigenvalue weighted by Crippen LogP contribution is 2.33. The van der Waals surface area contributed by atoms with Crippen LogP contribution in [-0.2, 0) is 16.1 Å². The predicted molar refractivity (Wildman–Crippen MR) is 71.2 cm³/mol. The number of anilines is 1.